The van der Waals surface area contributed by atoms with E-state index >= 15 is 0 Å². The van der Waals surface area contributed by atoms with E-state index in [1.807, 2.05) is 6.92 Å². The second-order valence-electron chi connectivity index (χ2n) is 4.00. The van der Waals surface area contributed by atoms with Gasteiger partial charge in [-0.3, -0.25) is 0 Å². The summed E-state index contributed by atoms with van der Waals surface area (Å²) in [7, 11) is 1.69. The fourth-order valence-corrected chi connectivity index (χ4v) is 1.67. The summed E-state index contributed by atoms with van der Waals surface area (Å²) >= 11 is 0. The molecule has 3 nitrogen and oxygen atoms in total. The van der Waals surface area contributed by atoms with E-state index < -0.39 is 11.6 Å². The smallest absolute Gasteiger partial charge is 0.152 e. The predicted molar refractivity (Wildman–Crippen MR) is 66.4 cm³/mol. The second kappa shape index (κ2) is 4.68. The minimum atomic E-state index is -0.632. The summed E-state index contributed by atoms with van der Waals surface area (Å²) in [4.78, 5) is 8.65. The summed E-state index contributed by atoms with van der Waals surface area (Å²) in [5.74, 6) is -0.762. The Balaban J connectivity index is 2.65. The van der Waals surface area contributed by atoms with Crippen molar-refractivity contribution in [1.29, 1.82) is 0 Å². The molecule has 0 radical (unpaired) electrons. The van der Waals surface area contributed by atoms with Gasteiger partial charge in [-0.15, -0.1) is 0 Å². The van der Waals surface area contributed by atoms with Gasteiger partial charge in [-0.2, -0.15) is 0 Å². The highest BCUT2D eigenvalue weighted by molar-refractivity contribution is 5.71. The predicted octanol–water partition coefficient (Wildman–Crippen LogP) is 3.08. The summed E-state index contributed by atoms with van der Waals surface area (Å²) in [6.45, 7) is 3.64. The maximum absolute atomic E-state index is 13.2. The number of benzene rings is 1. The van der Waals surface area contributed by atoms with Crippen molar-refractivity contribution in [2.75, 3.05) is 12.4 Å². The zero-order valence-corrected chi connectivity index (χ0v) is 10.4. The molecule has 0 aliphatic heterocycles. The van der Waals surface area contributed by atoms with E-state index in [9.17, 15) is 8.78 Å². The quantitative estimate of drug-likeness (QED) is 0.888. The lowest BCUT2D eigenvalue weighted by molar-refractivity contribution is 0.584. The number of anilines is 1. The largest absolute Gasteiger partial charge is 0.371 e. The van der Waals surface area contributed by atoms with Crippen molar-refractivity contribution in [2.24, 2.45) is 0 Å². The number of nitrogens with zero attached hydrogens (tertiary/aromatic N) is 2. The minimum Gasteiger partial charge on any atom is -0.371 e. The van der Waals surface area contributed by atoms with E-state index in [4.69, 9.17) is 0 Å². The molecule has 0 fully saturated rings. The third-order valence-electron chi connectivity index (χ3n) is 2.68. The highest BCUT2D eigenvalue weighted by atomic mass is 19.1. The zero-order valence-electron chi connectivity index (χ0n) is 10.4. The number of aromatic nitrogens is 2. The molecule has 18 heavy (non-hydrogen) atoms. The van der Waals surface area contributed by atoms with Crippen molar-refractivity contribution in [3.63, 3.8) is 0 Å². The van der Waals surface area contributed by atoms with Gasteiger partial charge in [0, 0.05) is 18.7 Å². The van der Waals surface area contributed by atoms with Crippen LogP contribution in [0.3, 0.4) is 0 Å². The summed E-state index contributed by atoms with van der Waals surface area (Å²) in [5, 5.41) is 2.88. The highest BCUT2D eigenvalue weighted by Gasteiger charge is 2.12. The van der Waals surface area contributed by atoms with E-state index in [1.165, 1.54) is 12.1 Å². The van der Waals surface area contributed by atoms with Crippen LogP contribution in [-0.2, 0) is 0 Å². The van der Waals surface area contributed by atoms with Crippen LogP contribution in [0, 0.1) is 25.5 Å². The standard InChI is InChI=1S/C13H13F2N3/c1-7-8(2)18-13(16-3)12(17-7)9-4-10(14)6-11(15)5-9/h4-6H,1-3H3,(H,16,18). The van der Waals surface area contributed by atoms with Gasteiger partial charge in [-0.1, -0.05) is 0 Å². The molecule has 0 saturated carbocycles. The van der Waals surface area contributed by atoms with Crippen LogP contribution in [0.15, 0.2) is 18.2 Å². The van der Waals surface area contributed by atoms with Crippen LogP contribution < -0.4 is 5.32 Å². The number of hydrogen-bond donors (Lipinski definition) is 1. The van der Waals surface area contributed by atoms with Crippen LogP contribution in [0.4, 0.5) is 14.6 Å². The van der Waals surface area contributed by atoms with E-state index in [2.05, 4.69) is 15.3 Å². The van der Waals surface area contributed by atoms with E-state index in [1.54, 1.807) is 14.0 Å². The molecule has 2 aromatic rings. The number of halogens is 2. The number of hydrogen-bond acceptors (Lipinski definition) is 3. The van der Waals surface area contributed by atoms with E-state index in [0.717, 1.165) is 17.5 Å². The molecule has 1 aromatic carbocycles. The molecule has 0 saturated heterocycles. The van der Waals surface area contributed by atoms with Crippen LogP contribution in [0.5, 0.6) is 0 Å². The summed E-state index contributed by atoms with van der Waals surface area (Å²) in [6, 6.07) is 3.31. The van der Waals surface area contributed by atoms with Crippen molar-refractivity contribution in [2.45, 2.75) is 13.8 Å². The van der Waals surface area contributed by atoms with Crippen LogP contribution >= 0.6 is 0 Å². The summed E-state index contributed by atoms with van der Waals surface area (Å²) in [6.07, 6.45) is 0. The highest BCUT2D eigenvalue weighted by Crippen LogP contribution is 2.26. The molecule has 5 heteroatoms. The van der Waals surface area contributed by atoms with Gasteiger partial charge >= 0.3 is 0 Å². The Morgan fingerprint density at radius 3 is 2.06 bits per heavy atom. The first kappa shape index (κ1) is 12.4. The molecule has 0 amide bonds. The Morgan fingerprint density at radius 2 is 1.50 bits per heavy atom. The molecule has 0 spiro atoms. The Hall–Kier alpha value is -2.04. The third kappa shape index (κ3) is 2.30. The molecule has 0 aliphatic rings. The summed E-state index contributed by atoms with van der Waals surface area (Å²) < 4.78 is 26.4. The molecule has 1 aromatic heterocycles. The summed E-state index contributed by atoms with van der Waals surface area (Å²) in [5.41, 5.74) is 2.32. The van der Waals surface area contributed by atoms with Crippen molar-refractivity contribution in [1.82, 2.24) is 9.97 Å². The zero-order chi connectivity index (χ0) is 13.3. The molecule has 94 valence electrons. The third-order valence-corrected chi connectivity index (χ3v) is 2.68. The lowest BCUT2D eigenvalue weighted by Gasteiger charge is -2.10. The fourth-order valence-electron chi connectivity index (χ4n) is 1.67. The average molecular weight is 249 g/mol. The van der Waals surface area contributed by atoms with Gasteiger partial charge in [0.05, 0.1) is 11.4 Å². The van der Waals surface area contributed by atoms with Gasteiger partial charge in [0.25, 0.3) is 0 Å². The lowest BCUT2D eigenvalue weighted by atomic mass is 10.1. The van der Waals surface area contributed by atoms with Gasteiger partial charge in [0.15, 0.2) is 5.82 Å². The number of aryl methyl sites for hydroxylation is 2. The Labute approximate surface area is 104 Å². The Kier molecular flexibility index (Phi) is 3.23. The second-order valence-corrected chi connectivity index (χ2v) is 4.00. The van der Waals surface area contributed by atoms with Crippen LogP contribution in [-0.4, -0.2) is 17.0 Å². The first-order chi connectivity index (χ1) is 8.51. The Morgan fingerprint density at radius 1 is 0.944 bits per heavy atom. The van der Waals surface area contributed by atoms with Gasteiger partial charge < -0.3 is 5.32 Å². The molecule has 0 bridgehead atoms. The minimum absolute atomic E-state index is 0.368. The van der Waals surface area contributed by atoms with Crippen molar-refractivity contribution in [3.05, 3.63) is 41.2 Å². The van der Waals surface area contributed by atoms with Gasteiger partial charge in [0.2, 0.25) is 0 Å². The van der Waals surface area contributed by atoms with E-state index in [-0.39, 0.29) is 0 Å². The van der Waals surface area contributed by atoms with Crippen LogP contribution in [0.2, 0.25) is 0 Å². The molecule has 0 aliphatic carbocycles. The maximum Gasteiger partial charge on any atom is 0.152 e. The normalized spacial score (nSPS) is 10.5. The monoisotopic (exact) mass is 249 g/mol. The topological polar surface area (TPSA) is 37.8 Å². The maximum atomic E-state index is 13.2. The van der Waals surface area contributed by atoms with E-state index in [0.29, 0.717) is 17.1 Å². The Bertz CT molecular complexity index is 577. The van der Waals surface area contributed by atoms with Gasteiger partial charge in [0.1, 0.15) is 17.3 Å². The van der Waals surface area contributed by atoms with Crippen molar-refractivity contribution in [3.8, 4) is 11.3 Å². The molecule has 0 unspecified atom stereocenters. The molecule has 2 rings (SSSR count). The van der Waals surface area contributed by atoms with Crippen molar-refractivity contribution >= 4 is 5.82 Å². The molecular formula is C13H13F2N3. The van der Waals surface area contributed by atoms with Crippen molar-refractivity contribution < 1.29 is 8.78 Å². The molecular weight excluding hydrogens is 236 g/mol. The first-order valence-electron chi connectivity index (χ1n) is 5.50. The average Bonchev–Trinajstić information content (AvgIpc) is 2.30. The SMILES string of the molecule is CNc1nc(C)c(C)nc1-c1cc(F)cc(F)c1. The van der Waals surface area contributed by atoms with Crippen LogP contribution in [0.25, 0.3) is 11.3 Å². The lowest BCUT2D eigenvalue weighted by Crippen LogP contribution is -2.03. The van der Waals surface area contributed by atoms with Gasteiger partial charge in [-0.25, -0.2) is 18.7 Å². The number of rotatable bonds is 2. The fraction of sp³-hybridized carbons (Fsp3) is 0.231. The van der Waals surface area contributed by atoms with Gasteiger partial charge in [-0.05, 0) is 26.0 Å². The molecule has 1 N–H and O–H groups in total. The number of nitrogens with one attached hydrogen (secondary N) is 1. The van der Waals surface area contributed by atoms with Crippen LogP contribution in [0.1, 0.15) is 11.4 Å². The first-order valence-corrected chi connectivity index (χ1v) is 5.50. The molecule has 1 heterocycles. The molecule has 0 atom stereocenters.